The van der Waals surface area contributed by atoms with Crippen molar-refractivity contribution < 1.29 is 18.0 Å². The van der Waals surface area contributed by atoms with Crippen molar-refractivity contribution in [2.45, 2.75) is 26.1 Å². The van der Waals surface area contributed by atoms with Gasteiger partial charge in [-0.05, 0) is 42.3 Å². The van der Waals surface area contributed by atoms with Crippen molar-refractivity contribution in [1.29, 1.82) is 0 Å². The van der Waals surface area contributed by atoms with Gasteiger partial charge in [-0.1, -0.05) is 25.1 Å². The molecule has 0 aliphatic carbocycles. The fourth-order valence-electron chi connectivity index (χ4n) is 2.13. The minimum absolute atomic E-state index is 0.143. The minimum Gasteiger partial charge on any atom is -0.381 e. The molecule has 0 saturated heterocycles. The van der Waals surface area contributed by atoms with Gasteiger partial charge in [0.15, 0.2) is 0 Å². The van der Waals surface area contributed by atoms with E-state index in [-0.39, 0.29) is 5.91 Å². The van der Waals surface area contributed by atoms with Gasteiger partial charge in [-0.25, -0.2) is 0 Å². The third-order valence-electron chi connectivity index (χ3n) is 3.44. The van der Waals surface area contributed by atoms with Gasteiger partial charge in [-0.2, -0.15) is 13.2 Å². The summed E-state index contributed by atoms with van der Waals surface area (Å²) in [6, 6.07) is 12.0. The van der Waals surface area contributed by atoms with Crippen LogP contribution in [0.3, 0.4) is 0 Å². The average Bonchev–Trinajstić information content (AvgIpc) is 2.57. The Morgan fingerprint density at radius 3 is 2.42 bits per heavy atom. The number of carbonyl (C=O) groups is 1. The predicted molar refractivity (Wildman–Crippen MR) is 87.8 cm³/mol. The van der Waals surface area contributed by atoms with Crippen molar-refractivity contribution in [3.63, 3.8) is 0 Å². The lowest BCUT2D eigenvalue weighted by molar-refractivity contribution is -0.137. The molecule has 2 N–H and O–H groups in total. The maximum atomic E-state index is 12.5. The molecule has 0 bridgehead atoms. The average molecular weight is 336 g/mol. The zero-order chi connectivity index (χ0) is 17.6. The van der Waals surface area contributed by atoms with E-state index in [0.717, 1.165) is 29.8 Å². The lowest BCUT2D eigenvalue weighted by atomic mass is 10.1. The second-order valence-electron chi connectivity index (χ2n) is 5.38. The number of halogens is 3. The van der Waals surface area contributed by atoms with Crippen LogP contribution in [-0.4, -0.2) is 12.5 Å². The lowest BCUT2D eigenvalue weighted by Gasteiger charge is -2.10. The Kier molecular flexibility index (Phi) is 5.84. The highest BCUT2D eigenvalue weighted by atomic mass is 19.4. The number of rotatable bonds is 6. The van der Waals surface area contributed by atoms with Crippen molar-refractivity contribution in [2.75, 3.05) is 11.9 Å². The molecule has 0 heterocycles. The molecule has 2 aromatic rings. The van der Waals surface area contributed by atoms with E-state index in [4.69, 9.17) is 0 Å². The van der Waals surface area contributed by atoms with E-state index in [1.807, 2.05) is 6.92 Å². The second-order valence-corrected chi connectivity index (χ2v) is 5.38. The van der Waals surface area contributed by atoms with Crippen LogP contribution < -0.4 is 10.6 Å². The van der Waals surface area contributed by atoms with E-state index in [1.54, 1.807) is 24.3 Å². The van der Waals surface area contributed by atoms with Gasteiger partial charge < -0.3 is 10.6 Å². The summed E-state index contributed by atoms with van der Waals surface area (Å²) in [6.07, 6.45) is -3.47. The van der Waals surface area contributed by atoms with Crippen molar-refractivity contribution in [3.8, 4) is 0 Å². The molecule has 0 fully saturated rings. The first-order chi connectivity index (χ1) is 11.4. The van der Waals surface area contributed by atoms with Gasteiger partial charge in [-0.3, -0.25) is 4.79 Å². The van der Waals surface area contributed by atoms with Crippen molar-refractivity contribution >= 4 is 11.6 Å². The van der Waals surface area contributed by atoms with E-state index >= 15 is 0 Å². The number of carbonyl (C=O) groups excluding carboxylic acids is 1. The Hall–Kier alpha value is -2.50. The van der Waals surface area contributed by atoms with Crippen LogP contribution in [0.1, 0.15) is 34.8 Å². The molecule has 0 aromatic heterocycles. The van der Waals surface area contributed by atoms with Crippen LogP contribution in [0.15, 0.2) is 48.5 Å². The van der Waals surface area contributed by atoms with Crippen LogP contribution in [0.4, 0.5) is 18.9 Å². The summed E-state index contributed by atoms with van der Waals surface area (Å²) in [5.41, 5.74) is 1.34. The maximum absolute atomic E-state index is 12.5. The predicted octanol–water partition coefficient (Wildman–Crippen LogP) is 4.46. The van der Waals surface area contributed by atoms with E-state index in [1.165, 1.54) is 12.1 Å². The number of anilines is 1. The molecule has 0 saturated carbocycles. The fraction of sp³-hybridized carbons (Fsp3) is 0.278. The molecule has 6 heteroatoms. The zero-order valence-electron chi connectivity index (χ0n) is 13.3. The molecule has 128 valence electrons. The summed E-state index contributed by atoms with van der Waals surface area (Å²) >= 11 is 0. The fourth-order valence-corrected chi connectivity index (χ4v) is 2.13. The molecule has 2 aromatic carbocycles. The molecule has 0 aliphatic rings. The first-order valence-corrected chi connectivity index (χ1v) is 7.68. The van der Waals surface area contributed by atoms with Gasteiger partial charge in [0.25, 0.3) is 5.91 Å². The highest BCUT2D eigenvalue weighted by molar-refractivity contribution is 5.95. The van der Waals surface area contributed by atoms with E-state index in [0.29, 0.717) is 18.7 Å². The molecule has 0 aliphatic heterocycles. The summed E-state index contributed by atoms with van der Waals surface area (Å²) in [4.78, 5) is 11.9. The largest absolute Gasteiger partial charge is 0.416 e. The highest BCUT2D eigenvalue weighted by Crippen LogP contribution is 2.29. The molecule has 24 heavy (non-hydrogen) atoms. The SMILES string of the molecule is CCCNC(=O)c1cccc(NCc2ccc(C(F)(F)F)cc2)c1. The summed E-state index contributed by atoms with van der Waals surface area (Å²) in [6.45, 7) is 2.96. The summed E-state index contributed by atoms with van der Waals surface area (Å²) in [5.74, 6) is -0.143. The normalized spacial score (nSPS) is 11.2. The topological polar surface area (TPSA) is 41.1 Å². The molecule has 0 radical (unpaired) electrons. The Morgan fingerprint density at radius 2 is 1.79 bits per heavy atom. The first-order valence-electron chi connectivity index (χ1n) is 7.68. The van der Waals surface area contributed by atoms with Crippen LogP contribution in [0, 0.1) is 0 Å². The number of nitrogens with one attached hydrogen (secondary N) is 2. The minimum atomic E-state index is -4.33. The van der Waals surface area contributed by atoms with Gasteiger partial charge in [-0.15, -0.1) is 0 Å². The third-order valence-corrected chi connectivity index (χ3v) is 3.44. The summed E-state index contributed by atoms with van der Waals surface area (Å²) < 4.78 is 37.6. The second kappa shape index (κ2) is 7.86. The Balaban J connectivity index is 1.98. The van der Waals surface area contributed by atoms with E-state index in [9.17, 15) is 18.0 Å². The van der Waals surface area contributed by atoms with Crippen LogP contribution in [0.25, 0.3) is 0 Å². The van der Waals surface area contributed by atoms with Crippen molar-refractivity contribution in [3.05, 3.63) is 65.2 Å². The molecule has 0 atom stereocenters. The van der Waals surface area contributed by atoms with Gasteiger partial charge in [0.2, 0.25) is 0 Å². The molecule has 0 spiro atoms. The van der Waals surface area contributed by atoms with Crippen LogP contribution >= 0.6 is 0 Å². The molecular weight excluding hydrogens is 317 g/mol. The molecule has 1 amide bonds. The molecule has 3 nitrogen and oxygen atoms in total. The molecular formula is C18H19F3N2O. The smallest absolute Gasteiger partial charge is 0.381 e. The number of hydrogen-bond acceptors (Lipinski definition) is 2. The van der Waals surface area contributed by atoms with E-state index < -0.39 is 11.7 Å². The van der Waals surface area contributed by atoms with Gasteiger partial charge in [0.1, 0.15) is 0 Å². The summed E-state index contributed by atoms with van der Waals surface area (Å²) in [5, 5.41) is 5.91. The Labute approximate surface area is 138 Å². The third kappa shape index (κ3) is 5.01. The standard InChI is InChI=1S/C18H19F3N2O/c1-2-10-22-17(24)14-4-3-5-16(11-14)23-12-13-6-8-15(9-7-13)18(19,20)21/h3-9,11,23H,2,10,12H2,1H3,(H,22,24). The van der Waals surface area contributed by atoms with Gasteiger partial charge in [0.05, 0.1) is 5.56 Å². The number of benzene rings is 2. The lowest BCUT2D eigenvalue weighted by Crippen LogP contribution is -2.23. The maximum Gasteiger partial charge on any atom is 0.416 e. The number of alkyl halides is 3. The van der Waals surface area contributed by atoms with Crippen LogP contribution in [0.5, 0.6) is 0 Å². The summed E-state index contributed by atoms with van der Waals surface area (Å²) in [7, 11) is 0. The van der Waals surface area contributed by atoms with Crippen LogP contribution in [-0.2, 0) is 12.7 Å². The quantitative estimate of drug-likeness (QED) is 0.818. The van der Waals surface area contributed by atoms with Crippen molar-refractivity contribution in [1.82, 2.24) is 5.32 Å². The number of hydrogen-bond donors (Lipinski definition) is 2. The van der Waals surface area contributed by atoms with Gasteiger partial charge in [0, 0.05) is 24.3 Å². The van der Waals surface area contributed by atoms with E-state index in [2.05, 4.69) is 10.6 Å². The number of amides is 1. The highest BCUT2D eigenvalue weighted by Gasteiger charge is 2.29. The zero-order valence-corrected chi connectivity index (χ0v) is 13.3. The molecule has 2 rings (SSSR count). The molecule has 0 unspecified atom stereocenters. The first kappa shape index (κ1) is 17.8. The van der Waals surface area contributed by atoms with Crippen molar-refractivity contribution in [2.24, 2.45) is 0 Å². The van der Waals surface area contributed by atoms with Crippen LogP contribution in [0.2, 0.25) is 0 Å². The van der Waals surface area contributed by atoms with Gasteiger partial charge >= 0.3 is 6.18 Å². The Bertz CT molecular complexity index is 681. The Morgan fingerprint density at radius 1 is 1.08 bits per heavy atom. The monoisotopic (exact) mass is 336 g/mol.